The zero-order valence-electron chi connectivity index (χ0n) is 10.0. The maximum absolute atomic E-state index is 5.70. The number of benzene rings is 1. The van der Waals surface area contributed by atoms with Crippen LogP contribution in [0.25, 0.3) is 0 Å². The van der Waals surface area contributed by atoms with E-state index in [1.807, 2.05) is 0 Å². The Morgan fingerprint density at radius 1 is 1.25 bits per heavy atom. The van der Waals surface area contributed by atoms with Gasteiger partial charge in [-0.1, -0.05) is 37.6 Å². The van der Waals surface area contributed by atoms with Crippen LogP contribution in [0, 0.1) is 0 Å². The van der Waals surface area contributed by atoms with Crippen LogP contribution in [0.3, 0.4) is 0 Å². The summed E-state index contributed by atoms with van der Waals surface area (Å²) in [5.41, 5.74) is 2.82. The molecule has 1 aliphatic heterocycles. The Labute approximate surface area is 98.0 Å². The van der Waals surface area contributed by atoms with Crippen molar-refractivity contribution in [2.24, 2.45) is 0 Å². The molecule has 1 atom stereocenters. The van der Waals surface area contributed by atoms with E-state index < -0.39 is 0 Å². The Balaban J connectivity index is 1.88. The molecule has 0 radical (unpaired) electrons. The van der Waals surface area contributed by atoms with Crippen molar-refractivity contribution in [2.75, 3.05) is 19.7 Å². The smallest absolute Gasteiger partial charge is 0.0740 e. The summed E-state index contributed by atoms with van der Waals surface area (Å²) >= 11 is 0. The molecule has 2 nitrogen and oxygen atoms in total. The van der Waals surface area contributed by atoms with Crippen molar-refractivity contribution in [3.8, 4) is 0 Å². The third-order valence-corrected chi connectivity index (χ3v) is 3.03. The summed E-state index contributed by atoms with van der Waals surface area (Å²) < 4.78 is 5.70. The summed E-state index contributed by atoms with van der Waals surface area (Å²) in [7, 11) is 0. The Morgan fingerprint density at radius 2 is 2.00 bits per heavy atom. The number of ether oxygens (including phenoxy) is 1. The van der Waals surface area contributed by atoms with Gasteiger partial charge in [-0.15, -0.1) is 0 Å². The van der Waals surface area contributed by atoms with Crippen LogP contribution in [-0.4, -0.2) is 25.8 Å². The second-order valence-electron chi connectivity index (χ2n) is 4.47. The first-order valence-corrected chi connectivity index (χ1v) is 6.28. The lowest BCUT2D eigenvalue weighted by Gasteiger charge is -2.23. The molecule has 0 saturated carbocycles. The highest BCUT2D eigenvalue weighted by molar-refractivity contribution is 5.23. The third kappa shape index (κ3) is 3.32. The van der Waals surface area contributed by atoms with E-state index in [0.717, 1.165) is 26.1 Å². The van der Waals surface area contributed by atoms with Gasteiger partial charge in [0, 0.05) is 13.1 Å². The fourth-order valence-corrected chi connectivity index (χ4v) is 2.14. The number of hydrogen-bond donors (Lipinski definition) is 1. The number of aryl methyl sites for hydroxylation is 1. The molecule has 1 heterocycles. The van der Waals surface area contributed by atoms with Gasteiger partial charge < -0.3 is 10.1 Å². The monoisotopic (exact) mass is 219 g/mol. The summed E-state index contributed by atoms with van der Waals surface area (Å²) in [6.45, 7) is 5.04. The Hall–Kier alpha value is -0.860. The van der Waals surface area contributed by atoms with Crippen molar-refractivity contribution in [3.63, 3.8) is 0 Å². The van der Waals surface area contributed by atoms with Crippen molar-refractivity contribution in [3.05, 3.63) is 35.4 Å². The van der Waals surface area contributed by atoms with Gasteiger partial charge in [-0.3, -0.25) is 0 Å². The van der Waals surface area contributed by atoms with E-state index in [0.29, 0.717) is 6.10 Å². The minimum Gasteiger partial charge on any atom is -0.375 e. The maximum atomic E-state index is 5.70. The van der Waals surface area contributed by atoms with Crippen LogP contribution in [0.1, 0.15) is 24.5 Å². The van der Waals surface area contributed by atoms with Crippen molar-refractivity contribution < 1.29 is 4.74 Å². The fourth-order valence-electron chi connectivity index (χ4n) is 2.14. The number of morpholine rings is 1. The molecule has 1 unspecified atom stereocenters. The van der Waals surface area contributed by atoms with Crippen LogP contribution >= 0.6 is 0 Å². The van der Waals surface area contributed by atoms with E-state index in [2.05, 4.69) is 36.5 Å². The van der Waals surface area contributed by atoms with E-state index in [4.69, 9.17) is 4.74 Å². The molecule has 0 spiro atoms. The lowest BCUT2D eigenvalue weighted by atomic mass is 10.0. The maximum Gasteiger partial charge on any atom is 0.0740 e. The molecule has 1 N–H and O–H groups in total. The summed E-state index contributed by atoms with van der Waals surface area (Å²) in [6.07, 6.45) is 3.78. The first-order valence-electron chi connectivity index (χ1n) is 6.28. The molecular formula is C14H21NO. The fraction of sp³-hybridized carbons (Fsp3) is 0.571. The molecule has 0 aromatic heterocycles. The molecule has 1 aromatic carbocycles. The molecule has 88 valence electrons. The highest BCUT2D eigenvalue weighted by Gasteiger charge is 2.13. The predicted molar refractivity (Wildman–Crippen MR) is 66.8 cm³/mol. The largest absolute Gasteiger partial charge is 0.375 e. The normalized spacial score (nSPS) is 20.9. The van der Waals surface area contributed by atoms with Gasteiger partial charge in [-0.25, -0.2) is 0 Å². The van der Waals surface area contributed by atoms with Crippen molar-refractivity contribution in [2.45, 2.75) is 32.3 Å². The minimum atomic E-state index is 0.353. The van der Waals surface area contributed by atoms with Crippen LogP contribution in [0.2, 0.25) is 0 Å². The van der Waals surface area contributed by atoms with E-state index in [9.17, 15) is 0 Å². The predicted octanol–water partition coefficient (Wildman–Crippen LogP) is 2.17. The Morgan fingerprint density at radius 3 is 2.62 bits per heavy atom. The standard InChI is InChI=1S/C14H21NO/c1-2-3-12-4-6-13(7-5-12)10-14-11-15-8-9-16-14/h4-7,14-15H,2-3,8-11H2,1H3. The van der Waals surface area contributed by atoms with Crippen LogP contribution < -0.4 is 5.32 Å². The SMILES string of the molecule is CCCc1ccc(CC2CNCCO2)cc1. The zero-order valence-corrected chi connectivity index (χ0v) is 10.0. The van der Waals surface area contributed by atoms with Gasteiger partial charge in [0.15, 0.2) is 0 Å². The Kier molecular flexibility index (Phi) is 4.37. The van der Waals surface area contributed by atoms with E-state index in [-0.39, 0.29) is 0 Å². The van der Waals surface area contributed by atoms with Crippen LogP contribution in [0.15, 0.2) is 24.3 Å². The molecule has 16 heavy (non-hydrogen) atoms. The zero-order chi connectivity index (χ0) is 11.2. The molecule has 2 rings (SSSR count). The lowest BCUT2D eigenvalue weighted by molar-refractivity contribution is 0.0292. The van der Waals surface area contributed by atoms with Gasteiger partial charge >= 0.3 is 0 Å². The van der Waals surface area contributed by atoms with Gasteiger partial charge in [-0.2, -0.15) is 0 Å². The number of nitrogens with one attached hydrogen (secondary N) is 1. The van der Waals surface area contributed by atoms with Crippen molar-refractivity contribution >= 4 is 0 Å². The summed E-state index contributed by atoms with van der Waals surface area (Å²) in [5.74, 6) is 0. The van der Waals surface area contributed by atoms with Crippen LogP contribution in [0.5, 0.6) is 0 Å². The lowest BCUT2D eigenvalue weighted by Crippen LogP contribution is -2.39. The quantitative estimate of drug-likeness (QED) is 0.838. The molecule has 1 aliphatic rings. The average Bonchev–Trinajstić information content (AvgIpc) is 2.33. The molecule has 1 fully saturated rings. The van der Waals surface area contributed by atoms with E-state index >= 15 is 0 Å². The van der Waals surface area contributed by atoms with Crippen LogP contribution in [0.4, 0.5) is 0 Å². The molecular weight excluding hydrogens is 198 g/mol. The number of rotatable bonds is 4. The molecule has 2 heteroatoms. The van der Waals surface area contributed by atoms with Crippen molar-refractivity contribution in [1.82, 2.24) is 5.32 Å². The van der Waals surface area contributed by atoms with Gasteiger partial charge in [0.2, 0.25) is 0 Å². The highest BCUT2D eigenvalue weighted by atomic mass is 16.5. The van der Waals surface area contributed by atoms with E-state index in [1.54, 1.807) is 0 Å². The highest BCUT2D eigenvalue weighted by Crippen LogP contribution is 2.10. The molecule has 0 amide bonds. The molecule has 1 saturated heterocycles. The van der Waals surface area contributed by atoms with Crippen molar-refractivity contribution in [1.29, 1.82) is 0 Å². The van der Waals surface area contributed by atoms with Gasteiger partial charge in [0.1, 0.15) is 0 Å². The summed E-state index contributed by atoms with van der Waals surface area (Å²) in [4.78, 5) is 0. The van der Waals surface area contributed by atoms with Crippen LogP contribution in [-0.2, 0) is 17.6 Å². The number of hydrogen-bond acceptors (Lipinski definition) is 2. The Bertz CT molecular complexity index is 301. The van der Waals surface area contributed by atoms with Gasteiger partial charge in [0.05, 0.1) is 12.7 Å². The minimum absolute atomic E-state index is 0.353. The average molecular weight is 219 g/mol. The molecule has 0 aliphatic carbocycles. The van der Waals surface area contributed by atoms with Gasteiger partial charge in [0.25, 0.3) is 0 Å². The molecule has 1 aromatic rings. The third-order valence-electron chi connectivity index (χ3n) is 3.03. The summed E-state index contributed by atoms with van der Waals surface area (Å²) in [6, 6.07) is 8.97. The first-order chi connectivity index (χ1) is 7.88. The van der Waals surface area contributed by atoms with Gasteiger partial charge in [-0.05, 0) is 24.0 Å². The second kappa shape index (κ2) is 6.02. The van der Waals surface area contributed by atoms with E-state index in [1.165, 1.54) is 24.0 Å². The molecule has 0 bridgehead atoms. The summed E-state index contributed by atoms with van der Waals surface area (Å²) in [5, 5.41) is 3.36. The second-order valence-corrected chi connectivity index (χ2v) is 4.47. The first kappa shape index (κ1) is 11.6. The topological polar surface area (TPSA) is 21.3 Å².